The van der Waals surface area contributed by atoms with E-state index in [0.717, 1.165) is 22.0 Å². The van der Waals surface area contributed by atoms with Crippen molar-refractivity contribution < 1.29 is 4.39 Å². The Morgan fingerprint density at radius 1 is 1.10 bits per heavy atom. The summed E-state index contributed by atoms with van der Waals surface area (Å²) in [6, 6.07) is 14.4. The average Bonchev–Trinajstić information content (AvgIpc) is 2.54. The van der Waals surface area contributed by atoms with Crippen LogP contribution in [0.25, 0.3) is 10.8 Å². The van der Waals surface area contributed by atoms with Crippen LogP contribution in [0.4, 0.5) is 10.1 Å². The molecule has 3 aromatic rings. The number of hydrogen-bond donors (Lipinski definition) is 1. The minimum absolute atomic E-state index is 0.0459. The van der Waals surface area contributed by atoms with E-state index in [1.54, 1.807) is 12.3 Å². The number of halogens is 1. The minimum atomic E-state index is -0.499. The van der Waals surface area contributed by atoms with E-state index in [9.17, 15) is 4.39 Å². The van der Waals surface area contributed by atoms with Gasteiger partial charge in [0.1, 0.15) is 11.9 Å². The molecule has 0 aliphatic rings. The van der Waals surface area contributed by atoms with Crippen molar-refractivity contribution in [3.05, 3.63) is 71.8 Å². The monoisotopic (exact) mass is 277 g/mol. The highest BCUT2D eigenvalue weighted by atomic mass is 19.1. The standard InChI is InChI=1S/C17H12FN3/c18-17-4-3-16(8-15(17)9-19)21-10-12-1-2-14-11-20-6-5-13(14)7-12/h1-8,11,21H,10H2. The van der Waals surface area contributed by atoms with E-state index in [1.807, 2.05) is 30.5 Å². The number of anilines is 1. The van der Waals surface area contributed by atoms with Crippen molar-refractivity contribution in [3.63, 3.8) is 0 Å². The van der Waals surface area contributed by atoms with Gasteiger partial charge in [0.2, 0.25) is 0 Å². The zero-order valence-electron chi connectivity index (χ0n) is 11.2. The molecular formula is C17H12FN3. The molecule has 102 valence electrons. The third-order valence-corrected chi connectivity index (χ3v) is 3.29. The maximum atomic E-state index is 13.3. The Morgan fingerprint density at radius 2 is 2.00 bits per heavy atom. The second-order valence-corrected chi connectivity index (χ2v) is 4.72. The molecule has 0 amide bonds. The molecule has 21 heavy (non-hydrogen) atoms. The normalized spacial score (nSPS) is 10.3. The summed E-state index contributed by atoms with van der Waals surface area (Å²) in [5.74, 6) is -0.499. The molecular weight excluding hydrogens is 265 g/mol. The molecule has 0 radical (unpaired) electrons. The number of pyridine rings is 1. The van der Waals surface area contributed by atoms with Crippen LogP contribution >= 0.6 is 0 Å². The number of nitrogens with one attached hydrogen (secondary N) is 1. The first kappa shape index (κ1) is 13.1. The molecule has 0 saturated heterocycles. The van der Waals surface area contributed by atoms with Crippen molar-refractivity contribution in [2.24, 2.45) is 0 Å². The highest BCUT2D eigenvalue weighted by Gasteiger charge is 2.03. The summed E-state index contributed by atoms with van der Waals surface area (Å²) >= 11 is 0. The van der Waals surface area contributed by atoms with Crippen molar-refractivity contribution in [3.8, 4) is 6.07 Å². The summed E-state index contributed by atoms with van der Waals surface area (Å²) in [6.07, 6.45) is 3.59. The summed E-state index contributed by atoms with van der Waals surface area (Å²) in [6.45, 7) is 0.606. The molecule has 2 aromatic carbocycles. The van der Waals surface area contributed by atoms with Gasteiger partial charge >= 0.3 is 0 Å². The van der Waals surface area contributed by atoms with E-state index in [0.29, 0.717) is 6.54 Å². The van der Waals surface area contributed by atoms with Crippen LogP contribution in [0.15, 0.2) is 54.9 Å². The number of fused-ring (bicyclic) bond motifs is 1. The van der Waals surface area contributed by atoms with Gasteiger partial charge in [0.15, 0.2) is 0 Å². The van der Waals surface area contributed by atoms with Gasteiger partial charge in [-0.1, -0.05) is 12.1 Å². The van der Waals surface area contributed by atoms with Gasteiger partial charge in [-0.3, -0.25) is 4.98 Å². The summed E-state index contributed by atoms with van der Waals surface area (Å²) < 4.78 is 13.3. The Morgan fingerprint density at radius 3 is 2.86 bits per heavy atom. The van der Waals surface area contributed by atoms with Crippen molar-refractivity contribution in [2.45, 2.75) is 6.54 Å². The zero-order valence-corrected chi connectivity index (χ0v) is 11.2. The summed E-state index contributed by atoms with van der Waals surface area (Å²) in [5, 5.41) is 14.2. The molecule has 0 unspecified atom stereocenters. The van der Waals surface area contributed by atoms with Gasteiger partial charge in [-0.25, -0.2) is 4.39 Å². The molecule has 1 heterocycles. The lowest BCUT2D eigenvalue weighted by Gasteiger charge is -2.08. The maximum Gasteiger partial charge on any atom is 0.141 e. The lowest BCUT2D eigenvalue weighted by atomic mass is 10.1. The predicted molar refractivity (Wildman–Crippen MR) is 80.2 cm³/mol. The molecule has 0 fully saturated rings. The van der Waals surface area contributed by atoms with E-state index in [2.05, 4.69) is 16.4 Å². The second kappa shape index (κ2) is 5.59. The first-order chi connectivity index (χ1) is 10.3. The molecule has 4 heteroatoms. The second-order valence-electron chi connectivity index (χ2n) is 4.72. The van der Waals surface area contributed by atoms with E-state index in [4.69, 9.17) is 5.26 Å². The van der Waals surface area contributed by atoms with E-state index < -0.39 is 5.82 Å². The number of hydrogen-bond acceptors (Lipinski definition) is 3. The Labute approximate surface area is 121 Å². The first-order valence-corrected chi connectivity index (χ1v) is 6.52. The average molecular weight is 277 g/mol. The van der Waals surface area contributed by atoms with E-state index in [-0.39, 0.29) is 5.56 Å². The van der Waals surface area contributed by atoms with E-state index in [1.165, 1.54) is 12.1 Å². The number of rotatable bonds is 3. The van der Waals surface area contributed by atoms with E-state index >= 15 is 0 Å². The fraction of sp³-hybridized carbons (Fsp3) is 0.0588. The van der Waals surface area contributed by atoms with Gasteiger partial charge in [0.05, 0.1) is 5.56 Å². The van der Waals surface area contributed by atoms with Crippen molar-refractivity contribution in [1.82, 2.24) is 4.98 Å². The predicted octanol–water partition coefficient (Wildman–Crippen LogP) is 3.86. The van der Waals surface area contributed by atoms with Gasteiger partial charge in [0.25, 0.3) is 0 Å². The molecule has 3 rings (SSSR count). The smallest absolute Gasteiger partial charge is 0.141 e. The third kappa shape index (κ3) is 2.82. The number of nitrogens with zero attached hydrogens (tertiary/aromatic N) is 2. The number of aromatic nitrogens is 1. The van der Waals surface area contributed by atoms with Gasteiger partial charge in [-0.15, -0.1) is 0 Å². The SMILES string of the molecule is N#Cc1cc(NCc2ccc3cnccc3c2)ccc1F. The maximum absolute atomic E-state index is 13.3. The molecule has 3 nitrogen and oxygen atoms in total. The fourth-order valence-electron chi connectivity index (χ4n) is 2.17. The zero-order chi connectivity index (χ0) is 14.7. The van der Waals surface area contributed by atoms with Crippen LogP contribution in [0.1, 0.15) is 11.1 Å². The Kier molecular flexibility index (Phi) is 3.48. The van der Waals surface area contributed by atoms with Crippen LogP contribution in [0.5, 0.6) is 0 Å². The minimum Gasteiger partial charge on any atom is -0.381 e. The molecule has 1 N–H and O–H groups in total. The van der Waals surface area contributed by atoms with Crippen LogP contribution < -0.4 is 5.32 Å². The van der Waals surface area contributed by atoms with Crippen LogP contribution in [0.3, 0.4) is 0 Å². The van der Waals surface area contributed by atoms with Gasteiger partial charge in [-0.05, 0) is 41.3 Å². The highest BCUT2D eigenvalue weighted by molar-refractivity contribution is 5.82. The van der Waals surface area contributed by atoms with Gasteiger partial charge < -0.3 is 5.32 Å². The van der Waals surface area contributed by atoms with Crippen LogP contribution in [0, 0.1) is 17.1 Å². The van der Waals surface area contributed by atoms with Crippen LogP contribution in [-0.2, 0) is 6.54 Å². The van der Waals surface area contributed by atoms with Gasteiger partial charge in [0, 0.05) is 30.0 Å². The fourth-order valence-corrected chi connectivity index (χ4v) is 2.17. The van der Waals surface area contributed by atoms with Gasteiger partial charge in [-0.2, -0.15) is 5.26 Å². The molecule has 1 aromatic heterocycles. The molecule has 0 bridgehead atoms. The summed E-state index contributed by atoms with van der Waals surface area (Å²) in [7, 11) is 0. The first-order valence-electron chi connectivity index (χ1n) is 6.52. The van der Waals surface area contributed by atoms with Crippen molar-refractivity contribution in [1.29, 1.82) is 5.26 Å². The molecule has 0 aliphatic heterocycles. The lowest BCUT2D eigenvalue weighted by molar-refractivity contribution is 0.624. The molecule has 0 saturated carbocycles. The summed E-state index contributed by atoms with van der Waals surface area (Å²) in [5.41, 5.74) is 1.88. The van der Waals surface area contributed by atoms with Crippen molar-refractivity contribution in [2.75, 3.05) is 5.32 Å². The third-order valence-electron chi connectivity index (χ3n) is 3.29. The summed E-state index contributed by atoms with van der Waals surface area (Å²) in [4.78, 5) is 4.08. The quantitative estimate of drug-likeness (QED) is 0.791. The molecule has 0 aliphatic carbocycles. The molecule has 0 atom stereocenters. The van der Waals surface area contributed by atoms with Crippen molar-refractivity contribution >= 4 is 16.5 Å². The highest BCUT2D eigenvalue weighted by Crippen LogP contribution is 2.17. The van der Waals surface area contributed by atoms with Crippen LogP contribution in [-0.4, -0.2) is 4.98 Å². The largest absolute Gasteiger partial charge is 0.381 e. The molecule has 0 spiro atoms. The Hall–Kier alpha value is -2.93. The Balaban J connectivity index is 1.78. The topological polar surface area (TPSA) is 48.7 Å². The number of nitriles is 1. The number of benzene rings is 2. The van der Waals surface area contributed by atoms with Crippen LogP contribution in [0.2, 0.25) is 0 Å². The lowest BCUT2D eigenvalue weighted by Crippen LogP contribution is -2.00. The Bertz CT molecular complexity index is 837.